The van der Waals surface area contributed by atoms with Crippen LogP contribution in [0.1, 0.15) is 37.4 Å². The summed E-state index contributed by atoms with van der Waals surface area (Å²) in [5.41, 5.74) is 1.94. The molecule has 0 aliphatic carbocycles. The van der Waals surface area contributed by atoms with E-state index in [-0.39, 0.29) is 11.9 Å². The minimum absolute atomic E-state index is 0.00731. The van der Waals surface area contributed by atoms with E-state index in [0.29, 0.717) is 25.6 Å². The highest BCUT2D eigenvalue weighted by Gasteiger charge is 2.34. The largest absolute Gasteiger partial charge is 0.486 e. The molecule has 1 aromatic heterocycles. The first-order valence-corrected chi connectivity index (χ1v) is 10.3. The molecule has 3 aromatic rings. The Labute approximate surface area is 174 Å². The zero-order chi connectivity index (χ0) is 20.5. The van der Waals surface area contributed by atoms with Gasteiger partial charge in [0.05, 0.1) is 6.04 Å². The van der Waals surface area contributed by atoms with Gasteiger partial charge in [0.2, 0.25) is 11.7 Å². The number of amides is 1. The van der Waals surface area contributed by atoms with Crippen molar-refractivity contribution in [2.75, 3.05) is 19.8 Å². The average Bonchev–Trinajstić information content (AvgIpc) is 3.48. The number of likely N-dealkylation sites (tertiary alicyclic amines) is 1. The monoisotopic (exact) mass is 405 g/mol. The minimum atomic E-state index is -0.534. The second-order valence-electron chi connectivity index (χ2n) is 7.57. The smallest absolute Gasteiger partial charge is 0.249 e. The summed E-state index contributed by atoms with van der Waals surface area (Å²) in [6.07, 6.45) is 1.87. The molecule has 3 heterocycles. The second kappa shape index (κ2) is 7.78. The van der Waals surface area contributed by atoms with Crippen LogP contribution in [0, 0.1) is 0 Å². The zero-order valence-corrected chi connectivity index (χ0v) is 16.8. The number of nitrogens with zero attached hydrogens (tertiary/aromatic N) is 5. The van der Waals surface area contributed by atoms with Crippen LogP contribution < -0.4 is 9.47 Å². The fourth-order valence-electron chi connectivity index (χ4n) is 4.08. The number of carbonyl (C=O) groups excluding carboxylic acids is 1. The molecular formula is C22H23N5O3. The molecule has 2 aromatic carbocycles. The topological polar surface area (TPSA) is 82.4 Å². The van der Waals surface area contributed by atoms with Crippen molar-refractivity contribution in [3.8, 4) is 22.9 Å². The Balaban J connectivity index is 1.36. The standard InChI is InChI=1S/C22H23N5O3/c1-15(27-24-21(23-25-27)16-6-3-2-4-7-16)22(28)26-11-5-8-18(26)17-9-10-19-20(14-17)30-13-12-29-19/h2-4,6-7,9-10,14-15,18H,5,8,11-13H2,1H3. The zero-order valence-electron chi connectivity index (χ0n) is 16.8. The van der Waals surface area contributed by atoms with Gasteiger partial charge in [0.1, 0.15) is 19.3 Å². The molecule has 1 fully saturated rings. The molecular weight excluding hydrogens is 382 g/mol. The Bertz CT molecular complexity index is 1050. The van der Waals surface area contributed by atoms with Gasteiger partial charge < -0.3 is 14.4 Å². The third-order valence-corrected chi connectivity index (χ3v) is 5.65. The van der Waals surface area contributed by atoms with Crippen LogP contribution in [-0.2, 0) is 4.79 Å². The van der Waals surface area contributed by atoms with E-state index in [0.717, 1.165) is 35.5 Å². The van der Waals surface area contributed by atoms with E-state index < -0.39 is 6.04 Å². The van der Waals surface area contributed by atoms with E-state index in [1.165, 1.54) is 4.80 Å². The van der Waals surface area contributed by atoms with Gasteiger partial charge in [-0.15, -0.1) is 10.2 Å². The number of tetrazole rings is 1. The normalized spacial score (nSPS) is 19.0. The average molecular weight is 405 g/mol. The van der Waals surface area contributed by atoms with Crippen molar-refractivity contribution in [3.05, 3.63) is 54.1 Å². The van der Waals surface area contributed by atoms with E-state index in [1.54, 1.807) is 0 Å². The highest BCUT2D eigenvalue weighted by atomic mass is 16.6. The predicted molar refractivity (Wildman–Crippen MR) is 109 cm³/mol. The summed E-state index contributed by atoms with van der Waals surface area (Å²) in [5.74, 6) is 2.01. The number of ether oxygens (including phenoxy) is 2. The third kappa shape index (κ3) is 3.38. The van der Waals surface area contributed by atoms with Crippen LogP contribution >= 0.6 is 0 Å². The van der Waals surface area contributed by atoms with Crippen molar-refractivity contribution in [2.45, 2.75) is 31.8 Å². The maximum atomic E-state index is 13.3. The molecule has 2 atom stereocenters. The van der Waals surface area contributed by atoms with Gasteiger partial charge in [-0.1, -0.05) is 36.4 Å². The van der Waals surface area contributed by atoms with Crippen LogP contribution in [0.25, 0.3) is 11.4 Å². The highest BCUT2D eigenvalue weighted by molar-refractivity contribution is 5.80. The summed E-state index contributed by atoms with van der Waals surface area (Å²) >= 11 is 0. The number of rotatable bonds is 4. The number of aromatic nitrogens is 4. The summed E-state index contributed by atoms with van der Waals surface area (Å²) in [4.78, 5) is 16.6. The quantitative estimate of drug-likeness (QED) is 0.664. The summed E-state index contributed by atoms with van der Waals surface area (Å²) in [6.45, 7) is 3.64. The SMILES string of the molecule is CC(C(=O)N1CCCC1c1ccc2c(c1)OCCO2)n1nnc(-c2ccccc2)n1. The molecule has 0 bridgehead atoms. The molecule has 5 rings (SSSR count). The Hall–Kier alpha value is -3.42. The molecule has 0 N–H and O–H groups in total. The van der Waals surface area contributed by atoms with Gasteiger partial charge in [-0.05, 0) is 42.7 Å². The highest BCUT2D eigenvalue weighted by Crippen LogP contribution is 2.38. The number of carbonyl (C=O) groups is 1. The molecule has 8 nitrogen and oxygen atoms in total. The van der Waals surface area contributed by atoms with Crippen molar-refractivity contribution in [3.63, 3.8) is 0 Å². The maximum Gasteiger partial charge on any atom is 0.249 e. The second-order valence-corrected chi connectivity index (χ2v) is 7.57. The van der Waals surface area contributed by atoms with E-state index in [2.05, 4.69) is 15.4 Å². The molecule has 0 spiro atoms. The van der Waals surface area contributed by atoms with Crippen LogP contribution in [0.3, 0.4) is 0 Å². The Kier molecular flexibility index (Phi) is 4.82. The number of hydrogen-bond donors (Lipinski definition) is 0. The van der Waals surface area contributed by atoms with Crippen LogP contribution in [0.4, 0.5) is 0 Å². The maximum absolute atomic E-state index is 13.3. The van der Waals surface area contributed by atoms with Gasteiger partial charge >= 0.3 is 0 Å². The van der Waals surface area contributed by atoms with Crippen LogP contribution in [0.5, 0.6) is 11.5 Å². The molecule has 2 unspecified atom stereocenters. The lowest BCUT2D eigenvalue weighted by Gasteiger charge is -2.28. The van der Waals surface area contributed by atoms with Gasteiger partial charge in [-0.3, -0.25) is 4.79 Å². The summed E-state index contributed by atoms with van der Waals surface area (Å²) < 4.78 is 11.3. The van der Waals surface area contributed by atoms with Crippen molar-refractivity contribution in [1.82, 2.24) is 25.1 Å². The fourth-order valence-corrected chi connectivity index (χ4v) is 4.08. The number of hydrogen-bond acceptors (Lipinski definition) is 6. The van der Waals surface area contributed by atoms with Gasteiger partial charge in [0.25, 0.3) is 0 Å². The molecule has 0 radical (unpaired) electrons. The lowest BCUT2D eigenvalue weighted by Crippen LogP contribution is -2.36. The lowest BCUT2D eigenvalue weighted by atomic mass is 10.0. The Morgan fingerprint density at radius 3 is 2.73 bits per heavy atom. The van der Waals surface area contributed by atoms with Gasteiger partial charge in [-0.2, -0.15) is 4.80 Å². The number of benzene rings is 2. The molecule has 1 saturated heterocycles. The molecule has 2 aliphatic rings. The van der Waals surface area contributed by atoms with E-state index in [1.807, 2.05) is 60.4 Å². The van der Waals surface area contributed by atoms with Gasteiger partial charge in [-0.25, -0.2) is 0 Å². The fraction of sp³-hybridized carbons (Fsp3) is 0.364. The Morgan fingerprint density at radius 1 is 1.10 bits per heavy atom. The van der Waals surface area contributed by atoms with Crippen LogP contribution in [-0.4, -0.2) is 50.8 Å². The third-order valence-electron chi connectivity index (χ3n) is 5.65. The molecule has 2 aliphatic heterocycles. The van der Waals surface area contributed by atoms with Crippen molar-refractivity contribution >= 4 is 5.91 Å². The molecule has 154 valence electrons. The minimum Gasteiger partial charge on any atom is -0.486 e. The summed E-state index contributed by atoms with van der Waals surface area (Å²) in [6, 6.07) is 15.1. The van der Waals surface area contributed by atoms with Crippen molar-refractivity contribution in [1.29, 1.82) is 0 Å². The van der Waals surface area contributed by atoms with E-state index >= 15 is 0 Å². The molecule has 8 heteroatoms. The van der Waals surface area contributed by atoms with E-state index in [4.69, 9.17) is 9.47 Å². The lowest BCUT2D eigenvalue weighted by molar-refractivity contribution is -0.135. The predicted octanol–water partition coefficient (Wildman–Crippen LogP) is 3.04. The summed E-state index contributed by atoms with van der Waals surface area (Å²) in [7, 11) is 0. The molecule has 1 amide bonds. The van der Waals surface area contributed by atoms with Crippen molar-refractivity contribution < 1.29 is 14.3 Å². The Morgan fingerprint density at radius 2 is 1.90 bits per heavy atom. The van der Waals surface area contributed by atoms with Crippen molar-refractivity contribution in [2.24, 2.45) is 0 Å². The first kappa shape index (κ1) is 18.6. The summed E-state index contributed by atoms with van der Waals surface area (Å²) in [5, 5.41) is 12.7. The number of fused-ring (bicyclic) bond motifs is 1. The van der Waals surface area contributed by atoms with Crippen LogP contribution in [0.2, 0.25) is 0 Å². The van der Waals surface area contributed by atoms with E-state index in [9.17, 15) is 4.79 Å². The molecule has 0 saturated carbocycles. The first-order chi connectivity index (χ1) is 14.7. The molecule has 30 heavy (non-hydrogen) atoms. The first-order valence-electron chi connectivity index (χ1n) is 10.3. The van der Waals surface area contributed by atoms with Gasteiger partial charge in [0, 0.05) is 12.1 Å². The van der Waals surface area contributed by atoms with Gasteiger partial charge in [0.15, 0.2) is 11.5 Å². The van der Waals surface area contributed by atoms with Crippen LogP contribution in [0.15, 0.2) is 48.5 Å².